The lowest BCUT2D eigenvalue weighted by Gasteiger charge is -2.14. The predicted molar refractivity (Wildman–Crippen MR) is 79.0 cm³/mol. The first-order valence-electron chi connectivity index (χ1n) is 7.02. The van der Waals surface area contributed by atoms with E-state index in [2.05, 4.69) is 0 Å². The molecular weight excluding hydrogens is 254 g/mol. The Bertz CT molecular complexity index is 529. The highest BCUT2D eigenvalue weighted by Gasteiger charge is 2.14. The topological polar surface area (TPSA) is 53.7 Å². The number of para-hydroxylation sites is 1. The highest BCUT2D eigenvalue weighted by Crippen LogP contribution is 2.19. The number of carbonyl (C=O) groups is 1. The molecule has 1 aromatic carbocycles. The van der Waals surface area contributed by atoms with Gasteiger partial charge in [0.15, 0.2) is 5.76 Å². The van der Waals surface area contributed by atoms with E-state index in [1.165, 1.54) is 0 Å². The van der Waals surface area contributed by atoms with E-state index in [-0.39, 0.29) is 12.4 Å². The van der Waals surface area contributed by atoms with Crippen molar-refractivity contribution < 1.29 is 14.3 Å². The Kier molecular flexibility index (Phi) is 5.32. The standard InChI is InChI=1S/C16H21NO3/c1-17(9-5-2-6-10-18)12-14(19)16-11-13-7-3-4-8-15(13)20-16/h3-4,7-8,11,18H,2,5-6,9-10,12H2,1H3. The van der Waals surface area contributed by atoms with Crippen LogP contribution in [0, 0.1) is 0 Å². The molecule has 0 aliphatic carbocycles. The molecule has 0 radical (unpaired) electrons. The molecule has 0 unspecified atom stereocenters. The predicted octanol–water partition coefficient (Wildman–Crippen LogP) is 2.71. The van der Waals surface area contributed by atoms with Crippen molar-refractivity contribution in [1.29, 1.82) is 0 Å². The zero-order valence-corrected chi connectivity index (χ0v) is 11.8. The third-order valence-corrected chi connectivity index (χ3v) is 3.31. The molecule has 20 heavy (non-hydrogen) atoms. The van der Waals surface area contributed by atoms with Gasteiger partial charge in [-0.1, -0.05) is 18.2 Å². The first-order valence-corrected chi connectivity index (χ1v) is 7.02. The fraction of sp³-hybridized carbons (Fsp3) is 0.438. The molecule has 0 atom stereocenters. The lowest BCUT2D eigenvalue weighted by Crippen LogP contribution is -2.26. The average Bonchev–Trinajstić information content (AvgIpc) is 2.87. The third-order valence-electron chi connectivity index (χ3n) is 3.31. The van der Waals surface area contributed by atoms with Crippen LogP contribution < -0.4 is 0 Å². The summed E-state index contributed by atoms with van der Waals surface area (Å²) in [7, 11) is 1.93. The van der Waals surface area contributed by atoms with Gasteiger partial charge in [-0.3, -0.25) is 9.69 Å². The number of hydrogen-bond acceptors (Lipinski definition) is 4. The van der Waals surface area contributed by atoms with Gasteiger partial charge in [-0.15, -0.1) is 0 Å². The van der Waals surface area contributed by atoms with Crippen LogP contribution in [0.1, 0.15) is 29.8 Å². The molecule has 2 aromatic rings. The summed E-state index contributed by atoms with van der Waals surface area (Å²) >= 11 is 0. The average molecular weight is 275 g/mol. The molecule has 2 rings (SSSR count). The Morgan fingerprint density at radius 3 is 2.80 bits per heavy atom. The Morgan fingerprint density at radius 2 is 2.05 bits per heavy atom. The van der Waals surface area contributed by atoms with Crippen molar-refractivity contribution in [3.63, 3.8) is 0 Å². The quantitative estimate of drug-likeness (QED) is 0.594. The number of nitrogens with zero attached hydrogens (tertiary/aromatic N) is 1. The van der Waals surface area contributed by atoms with Crippen LogP contribution in [-0.4, -0.2) is 42.5 Å². The minimum absolute atomic E-state index is 0.00542. The molecule has 1 aromatic heterocycles. The van der Waals surface area contributed by atoms with Gasteiger partial charge in [-0.25, -0.2) is 0 Å². The van der Waals surface area contributed by atoms with Crippen molar-refractivity contribution in [1.82, 2.24) is 4.90 Å². The Balaban J connectivity index is 1.87. The summed E-state index contributed by atoms with van der Waals surface area (Å²) < 4.78 is 5.56. The van der Waals surface area contributed by atoms with Gasteiger partial charge >= 0.3 is 0 Å². The van der Waals surface area contributed by atoms with E-state index >= 15 is 0 Å². The van der Waals surface area contributed by atoms with Crippen molar-refractivity contribution in [2.24, 2.45) is 0 Å². The lowest BCUT2D eigenvalue weighted by atomic mass is 10.2. The molecule has 0 amide bonds. The molecule has 0 aliphatic heterocycles. The maximum Gasteiger partial charge on any atom is 0.211 e. The Labute approximate surface area is 119 Å². The second-order valence-electron chi connectivity index (χ2n) is 5.09. The molecule has 108 valence electrons. The summed E-state index contributed by atoms with van der Waals surface area (Å²) in [5.41, 5.74) is 0.751. The SMILES string of the molecule is CN(CCCCCO)CC(=O)c1cc2ccccc2o1. The largest absolute Gasteiger partial charge is 0.453 e. The number of rotatable bonds is 8. The molecular formula is C16H21NO3. The molecule has 0 aliphatic rings. The number of aliphatic hydroxyl groups excluding tert-OH is 1. The summed E-state index contributed by atoms with van der Waals surface area (Å²) in [5.74, 6) is 0.430. The van der Waals surface area contributed by atoms with E-state index in [1.807, 2.05) is 36.2 Å². The number of furan rings is 1. The van der Waals surface area contributed by atoms with Crippen LogP contribution in [0.4, 0.5) is 0 Å². The number of unbranched alkanes of at least 4 members (excludes halogenated alkanes) is 2. The van der Waals surface area contributed by atoms with Crippen LogP contribution in [-0.2, 0) is 0 Å². The summed E-state index contributed by atoms with van der Waals surface area (Å²) in [6.07, 6.45) is 2.80. The molecule has 4 nitrogen and oxygen atoms in total. The Morgan fingerprint density at radius 1 is 1.25 bits per heavy atom. The molecule has 0 saturated heterocycles. The first kappa shape index (κ1) is 14.8. The van der Waals surface area contributed by atoms with Gasteiger partial charge < -0.3 is 9.52 Å². The first-order chi connectivity index (χ1) is 9.70. The zero-order valence-electron chi connectivity index (χ0n) is 11.8. The van der Waals surface area contributed by atoms with E-state index in [1.54, 1.807) is 6.07 Å². The smallest absolute Gasteiger partial charge is 0.211 e. The highest BCUT2D eigenvalue weighted by molar-refractivity contribution is 5.98. The summed E-state index contributed by atoms with van der Waals surface area (Å²) in [5, 5.41) is 9.67. The molecule has 0 saturated carbocycles. The maximum absolute atomic E-state index is 12.1. The van der Waals surface area contributed by atoms with Crippen molar-refractivity contribution in [2.75, 3.05) is 26.7 Å². The van der Waals surface area contributed by atoms with Crippen molar-refractivity contribution >= 4 is 16.8 Å². The number of ketones is 1. The van der Waals surface area contributed by atoms with Crippen LogP contribution in [0.3, 0.4) is 0 Å². The molecule has 0 fully saturated rings. The minimum atomic E-state index is 0.00542. The number of Topliss-reactive ketones (excluding diaryl/α,β-unsaturated/α-hetero) is 1. The third kappa shape index (κ3) is 3.92. The molecule has 0 spiro atoms. The van der Waals surface area contributed by atoms with E-state index in [9.17, 15) is 4.79 Å². The highest BCUT2D eigenvalue weighted by atomic mass is 16.3. The van der Waals surface area contributed by atoms with Crippen LogP contribution in [0.5, 0.6) is 0 Å². The fourth-order valence-corrected chi connectivity index (χ4v) is 2.19. The molecule has 1 N–H and O–H groups in total. The second-order valence-corrected chi connectivity index (χ2v) is 5.09. The van der Waals surface area contributed by atoms with Crippen LogP contribution in [0.25, 0.3) is 11.0 Å². The van der Waals surface area contributed by atoms with Gasteiger partial charge in [0.2, 0.25) is 5.78 Å². The van der Waals surface area contributed by atoms with Gasteiger partial charge in [-0.05, 0) is 45.0 Å². The van der Waals surface area contributed by atoms with Crippen LogP contribution >= 0.6 is 0 Å². The van der Waals surface area contributed by atoms with Crippen molar-refractivity contribution in [3.05, 3.63) is 36.1 Å². The van der Waals surface area contributed by atoms with Gasteiger partial charge in [-0.2, -0.15) is 0 Å². The van der Waals surface area contributed by atoms with Crippen LogP contribution in [0.15, 0.2) is 34.7 Å². The Hall–Kier alpha value is -1.65. The number of fused-ring (bicyclic) bond motifs is 1. The van der Waals surface area contributed by atoms with Gasteiger partial charge in [0, 0.05) is 12.0 Å². The van der Waals surface area contributed by atoms with Gasteiger partial charge in [0.25, 0.3) is 0 Å². The number of carbonyl (C=O) groups excluding carboxylic acids is 1. The summed E-state index contributed by atoms with van der Waals surface area (Å²) in [4.78, 5) is 14.1. The number of hydrogen-bond donors (Lipinski definition) is 1. The van der Waals surface area contributed by atoms with E-state index in [0.29, 0.717) is 12.3 Å². The number of likely N-dealkylation sites (N-methyl/N-ethyl adjacent to an activating group) is 1. The van der Waals surface area contributed by atoms with E-state index < -0.39 is 0 Å². The fourth-order valence-electron chi connectivity index (χ4n) is 2.19. The summed E-state index contributed by atoms with van der Waals surface area (Å²) in [6.45, 7) is 1.45. The lowest BCUT2D eigenvalue weighted by molar-refractivity contribution is 0.0920. The normalized spacial score (nSPS) is 11.3. The van der Waals surface area contributed by atoms with E-state index in [4.69, 9.17) is 9.52 Å². The monoisotopic (exact) mass is 275 g/mol. The van der Waals surface area contributed by atoms with Gasteiger partial charge in [0.05, 0.1) is 6.54 Å². The number of benzene rings is 1. The van der Waals surface area contributed by atoms with Crippen molar-refractivity contribution in [3.8, 4) is 0 Å². The van der Waals surface area contributed by atoms with E-state index in [0.717, 1.165) is 36.8 Å². The van der Waals surface area contributed by atoms with Gasteiger partial charge in [0.1, 0.15) is 5.58 Å². The minimum Gasteiger partial charge on any atom is -0.453 e. The molecule has 0 bridgehead atoms. The second kappa shape index (κ2) is 7.22. The number of aliphatic hydroxyl groups is 1. The summed E-state index contributed by atoms with van der Waals surface area (Å²) in [6, 6.07) is 9.43. The maximum atomic E-state index is 12.1. The van der Waals surface area contributed by atoms with Crippen LogP contribution in [0.2, 0.25) is 0 Å². The molecule has 1 heterocycles. The van der Waals surface area contributed by atoms with Crippen molar-refractivity contribution in [2.45, 2.75) is 19.3 Å². The molecule has 4 heteroatoms. The zero-order chi connectivity index (χ0) is 14.4.